The number of amides is 1. The van der Waals surface area contributed by atoms with Gasteiger partial charge >= 0.3 is 0 Å². The van der Waals surface area contributed by atoms with Crippen molar-refractivity contribution in [2.45, 2.75) is 17.7 Å². The van der Waals surface area contributed by atoms with E-state index in [1.807, 2.05) is 0 Å². The van der Waals surface area contributed by atoms with Crippen LogP contribution in [0.25, 0.3) is 0 Å². The first-order valence-electron chi connectivity index (χ1n) is 8.56. The van der Waals surface area contributed by atoms with Crippen molar-refractivity contribution in [2.24, 2.45) is 5.10 Å². The SMILES string of the molecule is O=C(NN=Cc1cccc([N+](=O)[O-])c1)c1cccc(S(=O)(=O)N2CCCC2)c1. The Labute approximate surface area is 161 Å². The zero-order chi connectivity index (χ0) is 20.1. The molecule has 0 saturated carbocycles. The molecule has 0 radical (unpaired) electrons. The van der Waals surface area contributed by atoms with E-state index in [2.05, 4.69) is 10.5 Å². The summed E-state index contributed by atoms with van der Waals surface area (Å²) in [5.41, 5.74) is 2.80. The number of rotatable bonds is 6. The van der Waals surface area contributed by atoms with Crippen LogP contribution in [-0.2, 0) is 10.0 Å². The molecule has 1 heterocycles. The van der Waals surface area contributed by atoms with E-state index in [0.717, 1.165) is 12.8 Å². The number of nitrogens with one attached hydrogen (secondary N) is 1. The molecule has 1 N–H and O–H groups in total. The van der Waals surface area contributed by atoms with Gasteiger partial charge in [0.05, 0.1) is 16.0 Å². The van der Waals surface area contributed by atoms with Crippen LogP contribution in [0.15, 0.2) is 58.5 Å². The molecule has 28 heavy (non-hydrogen) atoms. The average molecular weight is 402 g/mol. The van der Waals surface area contributed by atoms with Crippen molar-refractivity contribution in [1.82, 2.24) is 9.73 Å². The minimum absolute atomic E-state index is 0.0599. The molecule has 3 rings (SSSR count). The third-order valence-corrected chi connectivity index (χ3v) is 6.15. The van der Waals surface area contributed by atoms with Crippen LogP contribution in [0.3, 0.4) is 0 Å². The molecule has 0 aliphatic carbocycles. The van der Waals surface area contributed by atoms with Gasteiger partial charge in [-0.05, 0) is 31.0 Å². The number of hydrogen-bond acceptors (Lipinski definition) is 6. The molecule has 0 atom stereocenters. The molecule has 2 aromatic carbocycles. The number of nitro benzene ring substituents is 1. The van der Waals surface area contributed by atoms with Crippen molar-refractivity contribution >= 4 is 27.8 Å². The largest absolute Gasteiger partial charge is 0.271 e. The van der Waals surface area contributed by atoms with Gasteiger partial charge in [-0.1, -0.05) is 18.2 Å². The normalized spacial score (nSPS) is 15.0. The van der Waals surface area contributed by atoms with Gasteiger partial charge in [-0.25, -0.2) is 13.8 Å². The van der Waals surface area contributed by atoms with Gasteiger partial charge in [0.15, 0.2) is 0 Å². The first-order chi connectivity index (χ1) is 13.4. The highest BCUT2D eigenvalue weighted by Gasteiger charge is 2.27. The zero-order valence-electron chi connectivity index (χ0n) is 14.8. The van der Waals surface area contributed by atoms with E-state index in [0.29, 0.717) is 18.7 Å². The van der Waals surface area contributed by atoms with Crippen LogP contribution in [0.1, 0.15) is 28.8 Å². The Morgan fingerprint density at radius 2 is 1.86 bits per heavy atom. The Bertz CT molecular complexity index is 1030. The predicted octanol–water partition coefficient (Wildman–Crippen LogP) is 2.14. The fraction of sp³-hybridized carbons (Fsp3) is 0.222. The molecule has 0 bridgehead atoms. The van der Waals surface area contributed by atoms with Crippen LogP contribution in [-0.4, -0.2) is 42.9 Å². The van der Waals surface area contributed by atoms with E-state index in [9.17, 15) is 23.3 Å². The second kappa shape index (κ2) is 8.28. The fourth-order valence-electron chi connectivity index (χ4n) is 2.82. The number of hydrogen-bond donors (Lipinski definition) is 1. The molecule has 0 unspecified atom stereocenters. The molecule has 10 heteroatoms. The Morgan fingerprint density at radius 3 is 2.57 bits per heavy atom. The molecule has 0 spiro atoms. The number of nitro groups is 1. The summed E-state index contributed by atoms with van der Waals surface area (Å²) >= 11 is 0. The Morgan fingerprint density at radius 1 is 1.14 bits per heavy atom. The van der Waals surface area contributed by atoms with Gasteiger partial charge in [0, 0.05) is 36.3 Å². The molecule has 1 fully saturated rings. The molecule has 1 saturated heterocycles. The van der Waals surface area contributed by atoms with E-state index in [1.165, 1.54) is 53.0 Å². The van der Waals surface area contributed by atoms with Gasteiger partial charge in [-0.2, -0.15) is 9.41 Å². The van der Waals surface area contributed by atoms with Crippen LogP contribution in [0, 0.1) is 10.1 Å². The Balaban J connectivity index is 1.71. The maximum atomic E-state index is 12.6. The summed E-state index contributed by atoms with van der Waals surface area (Å²) in [5.74, 6) is -0.583. The number of hydrazone groups is 1. The molecule has 1 aliphatic heterocycles. The summed E-state index contributed by atoms with van der Waals surface area (Å²) in [6, 6.07) is 11.5. The van der Waals surface area contributed by atoms with Crippen molar-refractivity contribution in [3.63, 3.8) is 0 Å². The van der Waals surface area contributed by atoms with Gasteiger partial charge in [-0.3, -0.25) is 14.9 Å². The monoisotopic (exact) mass is 402 g/mol. The summed E-state index contributed by atoms with van der Waals surface area (Å²) < 4.78 is 26.6. The lowest BCUT2D eigenvalue weighted by Crippen LogP contribution is -2.28. The highest BCUT2D eigenvalue weighted by molar-refractivity contribution is 7.89. The van der Waals surface area contributed by atoms with Crippen LogP contribution in [0.5, 0.6) is 0 Å². The lowest BCUT2D eigenvalue weighted by atomic mass is 10.2. The van der Waals surface area contributed by atoms with Gasteiger partial charge in [0.2, 0.25) is 10.0 Å². The van der Waals surface area contributed by atoms with Crippen molar-refractivity contribution in [3.05, 3.63) is 69.8 Å². The van der Waals surface area contributed by atoms with Gasteiger partial charge in [-0.15, -0.1) is 0 Å². The highest BCUT2D eigenvalue weighted by Crippen LogP contribution is 2.21. The number of sulfonamides is 1. The number of benzene rings is 2. The van der Waals surface area contributed by atoms with Gasteiger partial charge in [0.25, 0.3) is 11.6 Å². The zero-order valence-corrected chi connectivity index (χ0v) is 15.6. The molecule has 1 aliphatic rings. The summed E-state index contributed by atoms with van der Waals surface area (Å²) in [4.78, 5) is 22.6. The van der Waals surface area contributed by atoms with E-state index in [1.54, 1.807) is 6.07 Å². The summed E-state index contributed by atoms with van der Waals surface area (Å²) in [5, 5.41) is 14.5. The summed E-state index contributed by atoms with van der Waals surface area (Å²) in [6.07, 6.45) is 2.92. The van der Waals surface area contributed by atoms with Crippen LogP contribution in [0.4, 0.5) is 5.69 Å². The van der Waals surface area contributed by atoms with Crippen molar-refractivity contribution < 1.29 is 18.1 Å². The van der Waals surface area contributed by atoms with E-state index >= 15 is 0 Å². The maximum Gasteiger partial charge on any atom is 0.271 e. The van der Waals surface area contributed by atoms with Crippen molar-refractivity contribution in [1.29, 1.82) is 0 Å². The Kier molecular flexibility index (Phi) is 5.81. The molecule has 146 valence electrons. The van der Waals surface area contributed by atoms with E-state index < -0.39 is 20.9 Å². The summed E-state index contributed by atoms with van der Waals surface area (Å²) in [6.45, 7) is 0.957. The second-order valence-electron chi connectivity index (χ2n) is 6.19. The third kappa shape index (κ3) is 4.41. The predicted molar refractivity (Wildman–Crippen MR) is 103 cm³/mol. The molecule has 2 aromatic rings. The fourth-order valence-corrected chi connectivity index (χ4v) is 4.39. The quantitative estimate of drug-likeness (QED) is 0.451. The lowest BCUT2D eigenvalue weighted by Gasteiger charge is -2.15. The van der Waals surface area contributed by atoms with E-state index in [-0.39, 0.29) is 16.1 Å². The van der Waals surface area contributed by atoms with Crippen LogP contribution < -0.4 is 5.43 Å². The molecular formula is C18H18N4O5S. The first kappa shape index (κ1) is 19.6. The first-order valence-corrected chi connectivity index (χ1v) is 10.00. The van der Waals surface area contributed by atoms with Gasteiger partial charge in [0.1, 0.15) is 0 Å². The minimum atomic E-state index is -3.62. The van der Waals surface area contributed by atoms with E-state index in [4.69, 9.17) is 0 Å². The van der Waals surface area contributed by atoms with Crippen molar-refractivity contribution in [2.75, 3.05) is 13.1 Å². The topological polar surface area (TPSA) is 122 Å². The number of carbonyl (C=O) groups is 1. The smallest absolute Gasteiger partial charge is 0.267 e. The standard InChI is InChI=1S/C18H18N4O5S/c23-18(20-19-13-14-5-3-7-16(11-14)22(24)25)15-6-4-8-17(12-15)28(26,27)21-9-1-2-10-21/h3-8,11-13H,1-2,9-10H2,(H,20,23). The molecular weight excluding hydrogens is 384 g/mol. The average Bonchev–Trinajstić information content (AvgIpc) is 3.24. The number of non-ortho nitro benzene ring substituents is 1. The molecule has 0 aromatic heterocycles. The number of carbonyl (C=O) groups excluding carboxylic acids is 1. The summed E-state index contributed by atoms with van der Waals surface area (Å²) in [7, 11) is -3.62. The van der Waals surface area contributed by atoms with Crippen LogP contribution >= 0.6 is 0 Å². The van der Waals surface area contributed by atoms with Crippen LogP contribution in [0.2, 0.25) is 0 Å². The lowest BCUT2D eigenvalue weighted by molar-refractivity contribution is -0.384. The van der Waals surface area contributed by atoms with Gasteiger partial charge < -0.3 is 0 Å². The third-order valence-electron chi connectivity index (χ3n) is 4.26. The Hall–Kier alpha value is -3.11. The maximum absolute atomic E-state index is 12.6. The minimum Gasteiger partial charge on any atom is -0.267 e. The number of nitrogens with zero attached hydrogens (tertiary/aromatic N) is 3. The highest BCUT2D eigenvalue weighted by atomic mass is 32.2. The van der Waals surface area contributed by atoms with Crippen molar-refractivity contribution in [3.8, 4) is 0 Å². The molecule has 1 amide bonds. The second-order valence-corrected chi connectivity index (χ2v) is 8.13. The molecule has 9 nitrogen and oxygen atoms in total.